The molecule has 0 aliphatic rings. The normalized spacial score (nSPS) is 10.6. The van der Waals surface area contributed by atoms with Crippen LogP contribution in [0.25, 0.3) is 0 Å². The minimum absolute atomic E-state index is 0.188. The number of hydrogen-bond acceptors (Lipinski definition) is 3. The molecule has 0 saturated heterocycles. The number of carboxylic acid groups (broad SMARTS) is 1. The fourth-order valence-corrected chi connectivity index (χ4v) is 0.679. The van der Waals surface area contributed by atoms with Gasteiger partial charge in [0.25, 0.3) is 0 Å². The molecule has 0 fully saturated rings. The SMILES string of the molecule is [B]C([B])CCCOC(=O)/C=C\C(=O)O. The van der Waals surface area contributed by atoms with Gasteiger partial charge < -0.3 is 9.84 Å². The van der Waals surface area contributed by atoms with Gasteiger partial charge in [0.15, 0.2) is 0 Å². The summed E-state index contributed by atoms with van der Waals surface area (Å²) >= 11 is 0. The molecule has 0 unspecified atom stereocenters. The first-order chi connectivity index (χ1) is 6.52. The van der Waals surface area contributed by atoms with Crippen LogP contribution in [0.4, 0.5) is 0 Å². The minimum atomic E-state index is -1.19. The molecule has 0 atom stereocenters. The molecule has 6 heteroatoms. The smallest absolute Gasteiger partial charge is 0.331 e. The van der Waals surface area contributed by atoms with E-state index < -0.39 is 17.7 Å². The summed E-state index contributed by atoms with van der Waals surface area (Å²) in [6, 6.07) is 0. The van der Waals surface area contributed by atoms with E-state index in [-0.39, 0.29) is 6.61 Å². The number of ether oxygens (including phenoxy) is 1. The largest absolute Gasteiger partial charge is 0.478 e. The van der Waals surface area contributed by atoms with Crippen molar-refractivity contribution in [3.63, 3.8) is 0 Å². The van der Waals surface area contributed by atoms with Gasteiger partial charge in [0.05, 0.1) is 22.3 Å². The third-order valence-corrected chi connectivity index (χ3v) is 1.29. The molecule has 0 aromatic heterocycles. The van der Waals surface area contributed by atoms with Crippen molar-refractivity contribution in [2.24, 2.45) is 0 Å². The summed E-state index contributed by atoms with van der Waals surface area (Å²) in [5.41, 5.74) is -0.414. The Bertz CT molecular complexity index is 225. The molecule has 0 spiro atoms. The molecule has 0 aromatic carbocycles. The Labute approximate surface area is 85.1 Å². The Balaban J connectivity index is 3.50. The highest BCUT2D eigenvalue weighted by molar-refractivity contribution is 6.35. The quantitative estimate of drug-likeness (QED) is 0.279. The van der Waals surface area contributed by atoms with Gasteiger partial charge in [-0.25, -0.2) is 9.59 Å². The van der Waals surface area contributed by atoms with Crippen molar-refractivity contribution >= 4 is 27.6 Å². The van der Waals surface area contributed by atoms with Gasteiger partial charge in [-0.05, 0) is 6.42 Å². The number of carboxylic acids is 1. The Morgan fingerprint density at radius 1 is 1.36 bits per heavy atom. The highest BCUT2D eigenvalue weighted by atomic mass is 16.5. The second-order valence-electron chi connectivity index (χ2n) is 2.65. The molecule has 72 valence electrons. The van der Waals surface area contributed by atoms with E-state index >= 15 is 0 Å². The Morgan fingerprint density at radius 3 is 2.50 bits per heavy atom. The first-order valence-electron chi connectivity index (χ1n) is 4.11. The lowest BCUT2D eigenvalue weighted by Crippen LogP contribution is -2.04. The second-order valence-corrected chi connectivity index (χ2v) is 2.65. The zero-order chi connectivity index (χ0) is 11.0. The maximum atomic E-state index is 10.8. The van der Waals surface area contributed by atoms with E-state index in [0.29, 0.717) is 12.8 Å². The standard InChI is InChI=1S/C8H10B2O4/c9-6(10)2-1-5-14-8(13)4-3-7(11)12/h3-4,6H,1-2,5H2,(H,11,12)/b4-3-. The summed E-state index contributed by atoms with van der Waals surface area (Å²) in [7, 11) is 10.5. The molecule has 0 heterocycles. The van der Waals surface area contributed by atoms with E-state index in [2.05, 4.69) is 4.74 Å². The van der Waals surface area contributed by atoms with E-state index in [9.17, 15) is 9.59 Å². The molecule has 0 saturated carbocycles. The van der Waals surface area contributed by atoms with Crippen molar-refractivity contribution in [3.8, 4) is 0 Å². The maximum absolute atomic E-state index is 10.8. The molecule has 0 amide bonds. The topological polar surface area (TPSA) is 63.6 Å². The van der Waals surface area contributed by atoms with Crippen LogP contribution in [0.2, 0.25) is 5.72 Å². The Kier molecular flexibility index (Phi) is 6.62. The average Bonchev–Trinajstić information content (AvgIpc) is 2.08. The van der Waals surface area contributed by atoms with Crippen LogP contribution in [0, 0.1) is 0 Å². The van der Waals surface area contributed by atoms with Gasteiger partial charge in [0.2, 0.25) is 0 Å². The number of aliphatic carboxylic acids is 1. The van der Waals surface area contributed by atoms with Gasteiger partial charge in [0.1, 0.15) is 0 Å². The van der Waals surface area contributed by atoms with E-state index in [1.165, 1.54) is 0 Å². The van der Waals surface area contributed by atoms with Crippen molar-refractivity contribution in [3.05, 3.63) is 12.2 Å². The average molecular weight is 192 g/mol. The zero-order valence-electron chi connectivity index (χ0n) is 7.68. The summed E-state index contributed by atoms with van der Waals surface area (Å²) in [6.07, 6.45) is 2.68. The number of esters is 1. The van der Waals surface area contributed by atoms with Gasteiger partial charge >= 0.3 is 11.9 Å². The van der Waals surface area contributed by atoms with Gasteiger partial charge in [0, 0.05) is 12.2 Å². The van der Waals surface area contributed by atoms with Crippen molar-refractivity contribution < 1.29 is 19.4 Å². The zero-order valence-corrected chi connectivity index (χ0v) is 7.68. The number of carbonyl (C=O) groups is 2. The summed E-state index contributed by atoms with van der Waals surface area (Å²) < 4.78 is 4.64. The molecular formula is C8H10B2O4. The van der Waals surface area contributed by atoms with Crippen LogP contribution in [0.5, 0.6) is 0 Å². The highest BCUT2D eigenvalue weighted by Crippen LogP contribution is 2.02. The summed E-state index contributed by atoms with van der Waals surface area (Å²) in [5.74, 6) is -1.87. The van der Waals surface area contributed by atoms with Gasteiger partial charge in [-0.15, -0.1) is 5.72 Å². The summed E-state index contributed by atoms with van der Waals surface area (Å²) in [6.45, 7) is 0.188. The van der Waals surface area contributed by atoms with Crippen LogP contribution in [0.15, 0.2) is 12.2 Å². The molecule has 0 bridgehead atoms. The van der Waals surface area contributed by atoms with E-state index in [4.69, 9.17) is 20.8 Å². The summed E-state index contributed by atoms with van der Waals surface area (Å²) in [5, 5.41) is 8.18. The number of carbonyl (C=O) groups excluding carboxylic acids is 1. The van der Waals surface area contributed by atoms with E-state index in [1.807, 2.05) is 0 Å². The molecular weight excluding hydrogens is 182 g/mol. The van der Waals surface area contributed by atoms with Gasteiger partial charge in [-0.3, -0.25) is 0 Å². The molecule has 14 heavy (non-hydrogen) atoms. The van der Waals surface area contributed by atoms with Crippen molar-refractivity contribution in [2.75, 3.05) is 6.61 Å². The van der Waals surface area contributed by atoms with E-state index in [0.717, 1.165) is 12.2 Å². The lowest BCUT2D eigenvalue weighted by Gasteiger charge is -2.04. The molecule has 4 radical (unpaired) electrons. The second kappa shape index (κ2) is 7.24. The minimum Gasteiger partial charge on any atom is -0.478 e. The first-order valence-corrected chi connectivity index (χ1v) is 4.11. The first kappa shape index (κ1) is 12.8. The van der Waals surface area contributed by atoms with Crippen molar-refractivity contribution in [2.45, 2.75) is 18.6 Å². The van der Waals surface area contributed by atoms with Crippen LogP contribution in [0.3, 0.4) is 0 Å². The number of hydrogen-bond donors (Lipinski definition) is 1. The third-order valence-electron chi connectivity index (χ3n) is 1.29. The molecule has 0 rings (SSSR count). The lowest BCUT2D eigenvalue weighted by atomic mass is 9.68. The molecule has 0 aromatic rings. The van der Waals surface area contributed by atoms with Crippen molar-refractivity contribution in [1.29, 1.82) is 0 Å². The molecule has 0 aliphatic carbocycles. The lowest BCUT2D eigenvalue weighted by molar-refractivity contribution is -0.138. The fourth-order valence-electron chi connectivity index (χ4n) is 0.679. The molecule has 0 aliphatic heterocycles. The van der Waals surface area contributed by atoms with Crippen LogP contribution in [-0.2, 0) is 14.3 Å². The molecule has 1 N–H and O–H groups in total. The maximum Gasteiger partial charge on any atom is 0.331 e. The third kappa shape index (κ3) is 8.90. The van der Waals surface area contributed by atoms with Crippen molar-refractivity contribution in [1.82, 2.24) is 0 Å². The monoisotopic (exact) mass is 192 g/mol. The van der Waals surface area contributed by atoms with Crippen LogP contribution in [0.1, 0.15) is 12.8 Å². The van der Waals surface area contributed by atoms with Gasteiger partial charge in [-0.1, -0.05) is 6.42 Å². The molecule has 4 nitrogen and oxygen atoms in total. The van der Waals surface area contributed by atoms with Gasteiger partial charge in [-0.2, -0.15) is 0 Å². The van der Waals surface area contributed by atoms with Crippen LogP contribution >= 0.6 is 0 Å². The van der Waals surface area contributed by atoms with Crippen LogP contribution in [-0.4, -0.2) is 39.3 Å². The predicted octanol–water partition coefficient (Wildman–Crippen LogP) is 0.0336. The Hall–Kier alpha value is -1.19. The van der Waals surface area contributed by atoms with E-state index in [1.54, 1.807) is 0 Å². The highest BCUT2D eigenvalue weighted by Gasteiger charge is 1.99. The fraction of sp³-hybridized carbons (Fsp3) is 0.500. The summed E-state index contributed by atoms with van der Waals surface area (Å²) in [4.78, 5) is 20.8. The Morgan fingerprint density at radius 2 is 2.00 bits per heavy atom. The van der Waals surface area contributed by atoms with Crippen LogP contribution < -0.4 is 0 Å². The predicted molar refractivity (Wildman–Crippen MR) is 52.2 cm³/mol. The number of rotatable bonds is 6.